The van der Waals surface area contributed by atoms with E-state index in [-0.39, 0.29) is 17.8 Å². The van der Waals surface area contributed by atoms with Crippen molar-refractivity contribution in [1.82, 2.24) is 9.13 Å². The first-order valence-corrected chi connectivity index (χ1v) is 10.7. The summed E-state index contributed by atoms with van der Waals surface area (Å²) in [5.74, 6) is 0. The summed E-state index contributed by atoms with van der Waals surface area (Å²) >= 11 is 0. The Labute approximate surface area is 187 Å². The number of nitrogens with zero attached hydrogens (tertiary/aromatic N) is 3. The minimum atomic E-state index is -0.292. The highest BCUT2D eigenvalue weighted by molar-refractivity contribution is 5.50. The van der Waals surface area contributed by atoms with Crippen LogP contribution in [0.3, 0.4) is 0 Å². The normalized spacial score (nSPS) is 10.8. The van der Waals surface area contributed by atoms with Crippen molar-refractivity contribution >= 4 is 5.69 Å². The molecule has 5 heteroatoms. The Hall–Kier alpha value is -3.86. The Bertz CT molecular complexity index is 1290. The van der Waals surface area contributed by atoms with Gasteiger partial charge in [-0.3, -0.25) is 13.9 Å². The van der Waals surface area contributed by atoms with Gasteiger partial charge in [-0.2, -0.15) is 0 Å². The fraction of sp³-hybridized carbons (Fsp3) is 0.185. The van der Waals surface area contributed by atoms with E-state index in [1.807, 2.05) is 110 Å². The molecule has 0 aliphatic carbocycles. The highest BCUT2D eigenvalue weighted by Crippen LogP contribution is 2.18. The summed E-state index contributed by atoms with van der Waals surface area (Å²) in [5, 5.41) is 0. The van der Waals surface area contributed by atoms with Gasteiger partial charge in [0, 0.05) is 20.5 Å². The van der Waals surface area contributed by atoms with E-state index in [1.54, 1.807) is 4.57 Å². The minimum absolute atomic E-state index is 0.236. The Morgan fingerprint density at radius 1 is 0.625 bits per heavy atom. The molecule has 0 atom stereocenters. The molecule has 32 heavy (non-hydrogen) atoms. The van der Waals surface area contributed by atoms with Crippen LogP contribution in [0.4, 0.5) is 5.69 Å². The Morgan fingerprint density at radius 3 is 1.53 bits per heavy atom. The van der Waals surface area contributed by atoms with Gasteiger partial charge in [-0.15, -0.1) is 0 Å². The van der Waals surface area contributed by atoms with Gasteiger partial charge in [-0.1, -0.05) is 91.0 Å². The average Bonchev–Trinajstić information content (AvgIpc) is 2.81. The monoisotopic (exact) mass is 425 g/mol. The van der Waals surface area contributed by atoms with Crippen LogP contribution >= 0.6 is 0 Å². The predicted molar refractivity (Wildman–Crippen MR) is 130 cm³/mol. The Morgan fingerprint density at radius 2 is 1.06 bits per heavy atom. The van der Waals surface area contributed by atoms with E-state index < -0.39 is 0 Å². The van der Waals surface area contributed by atoms with Crippen molar-refractivity contribution in [1.29, 1.82) is 0 Å². The van der Waals surface area contributed by atoms with Crippen molar-refractivity contribution in [3.05, 3.63) is 134 Å². The summed E-state index contributed by atoms with van der Waals surface area (Å²) in [6, 6.07) is 29.5. The summed E-state index contributed by atoms with van der Waals surface area (Å²) in [5.41, 5.74) is 3.69. The quantitative estimate of drug-likeness (QED) is 0.453. The van der Waals surface area contributed by atoms with E-state index in [1.165, 1.54) is 4.57 Å². The van der Waals surface area contributed by atoms with Crippen LogP contribution in [-0.4, -0.2) is 23.2 Å². The molecule has 1 heterocycles. The number of benzene rings is 3. The first kappa shape index (κ1) is 21.4. The number of rotatable bonds is 7. The van der Waals surface area contributed by atoms with Crippen LogP contribution in [0.2, 0.25) is 0 Å². The molecule has 162 valence electrons. The minimum Gasteiger partial charge on any atom is -0.372 e. The molecular weight excluding hydrogens is 398 g/mol. The molecule has 1 aromatic heterocycles. The largest absolute Gasteiger partial charge is 0.372 e. The zero-order valence-electron chi connectivity index (χ0n) is 18.4. The number of anilines is 1. The molecule has 0 unspecified atom stereocenters. The van der Waals surface area contributed by atoms with Gasteiger partial charge in [-0.05, 0) is 16.7 Å². The third kappa shape index (κ3) is 4.57. The van der Waals surface area contributed by atoms with Crippen molar-refractivity contribution in [2.45, 2.75) is 19.5 Å². The molecule has 3 aromatic carbocycles. The average molecular weight is 426 g/mol. The standard InChI is InChI=1S/C27H27N3O2/c1-28(2)25-24(18-21-12-6-3-7-13-21)29(19-22-14-8-4-9-15-22)27(32)30(26(25)31)20-23-16-10-5-11-17-23/h3-17H,18-20H2,1-2H3. The maximum absolute atomic E-state index is 13.7. The molecule has 0 saturated heterocycles. The van der Waals surface area contributed by atoms with E-state index in [2.05, 4.69) is 0 Å². The topological polar surface area (TPSA) is 47.2 Å². The molecule has 0 radical (unpaired) electrons. The zero-order valence-corrected chi connectivity index (χ0v) is 18.4. The van der Waals surface area contributed by atoms with Crippen LogP contribution in [-0.2, 0) is 19.5 Å². The molecule has 0 bridgehead atoms. The predicted octanol–water partition coefficient (Wildman–Crippen LogP) is 3.76. The lowest BCUT2D eigenvalue weighted by molar-refractivity contribution is 0.590. The fourth-order valence-corrected chi connectivity index (χ4v) is 3.98. The highest BCUT2D eigenvalue weighted by Gasteiger charge is 2.21. The van der Waals surface area contributed by atoms with Gasteiger partial charge in [0.2, 0.25) is 0 Å². The van der Waals surface area contributed by atoms with Crippen molar-refractivity contribution in [3.8, 4) is 0 Å². The van der Waals surface area contributed by atoms with Crippen LogP contribution in [0.25, 0.3) is 0 Å². The second-order valence-corrected chi connectivity index (χ2v) is 8.08. The lowest BCUT2D eigenvalue weighted by Crippen LogP contribution is -2.44. The van der Waals surface area contributed by atoms with Crippen LogP contribution in [0.5, 0.6) is 0 Å². The second kappa shape index (κ2) is 9.52. The molecule has 0 aliphatic heterocycles. The van der Waals surface area contributed by atoms with Crippen LogP contribution < -0.4 is 16.1 Å². The summed E-state index contributed by atoms with van der Waals surface area (Å²) in [6.45, 7) is 0.636. The second-order valence-electron chi connectivity index (χ2n) is 8.08. The van der Waals surface area contributed by atoms with E-state index >= 15 is 0 Å². The molecule has 4 rings (SSSR count). The molecule has 0 aliphatic rings. The highest BCUT2D eigenvalue weighted by atomic mass is 16.2. The molecule has 0 amide bonds. The lowest BCUT2D eigenvalue weighted by Gasteiger charge is -2.23. The van der Waals surface area contributed by atoms with Gasteiger partial charge in [0.1, 0.15) is 5.69 Å². The molecule has 0 spiro atoms. The van der Waals surface area contributed by atoms with Gasteiger partial charge in [0.25, 0.3) is 5.56 Å². The summed E-state index contributed by atoms with van der Waals surface area (Å²) in [7, 11) is 3.71. The van der Waals surface area contributed by atoms with E-state index in [4.69, 9.17) is 0 Å². The number of hydrogen-bond donors (Lipinski definition) is 0. The van der Waals surface area contributed by atoms with Crippen molar-refractivity contribution in [2.75, 3.05) is 19.0 Å². The first-order valence-electron chi connectivity index (χ1n) is 10.7. The third-order valence-corrected chi connectivity index (χ3v) is 5.54. The van der Waals surface area contributed by atoms with E-state index in [0.717, 1.165) is 22.4 Å². The van der Waals surface area contributed by atoms with Crippen LogP contribution in [0.15, 0.2) is 101 Å². The Kier molecular flexibility index (Phi) is 6.36. The molecule has 0 N–H and O–H groups in total. The van der Waals surface area contributed by atoms with Gasteiger partial charge in [0.15, 0.2) is 0 Å². The lowest BCUT2D eigenvalue weighted by atomic mass is 10.1. The van der Waals surface area contributed by atoms with Crippen molar-refractivity contribution in [3.63, 3.8) is 0 Å². The van der Waals surface area contributed by atoms with Gasteiger partial charge in [-0.25, -0.2) is 4.79 Å². The molecular formula is C27H27N3O2. The fourth-order valence-electron chi connectivity index (χ4n) is 3.98. The zero-order chi connectivity index (χ0) is 22.5. The van der Waals surface area contributed by atoms with Gasteiger partial charge >= 0.3 is 5.69 Å². The van der Waals surface area contributed by atoms with Crippen LogP contribution in [0, 0.1) is 0 Å². The molecule has 5 nitrogen and oxygen atoms in total. The van der Waals surface area contributed by atoms with Crippen molar-refractivity contribution < 1.29 is 0 Å². The Balaban J connectivity index is 1.94. The maximum atomic E-state index is 13.7. The molecule has 0 saturated carbocycles. The van der Waals surface area contributed by atoms with Crippen LogP contribution in [0.1, 0.15) is 22.4 Å². The molecule has 0 fully saturated rings. The van der Waals surface area contributed by atoms with E-state index in [9.17, 15) is 9.59 Å². The summed E-state index contributed by atoms with van der Waals surface area (Å²) in [6.07, 6.45) is 0.498. The maximum Gasteiger partial charge on any atom is 0.331 e. The summed E-state index contributed by atoms with van der Waals surface area (Å²) < 4.78 is 3.10. The smallest absolute Gasteiger partial charge is 0.331 e. The number of hydrogen-bond acceptors (Lipinski definition) is 3. The van der Waals surface area contributed by atoms with E-state index in [0.29, 0.717) is 18.7 Å². The van der Waals surface area contributed by atoms with Gasteiger partial charge < -0.3 is 4.90 Å². The summed E-state index contributed by atoms with van der Waals surface area (Å²) in [4.78, 5) is 29.1. The van der Waals surface area contributed by atoms with Crippen molar-refractivity contribution in [2.24, 2.45) is 0 Å². The van der Waals surface area contributed by atoms with Gasteiger partial charge in [0.05, 0.1) is 18.8 Å². The SMILES string of the molecule is CN(C)c1c(Cc2ccccc2)n(Cc2ccccc2)c(=O)n(Cc2ccccc2)c1=O. The first-order chi connectivity index (χ1) is 15.5. The molecule has 4 aromatic rings. The number of aromatic nitrogens is 2. The third-order valence-electron chi connectivity index (χ3n) is 5.54.